The van der Waals surface area contributed by atoms with Crippen LogP contribution in [0.1, 0.15) is 12.5 Å². The van der Waals surface area contributed by atoms with Gasteiger partial charge in [-0.3, -0.25) is 0 Å². The molecule has 0 bridgehead atoms. The summed E-state index contributed by atoms with van der Waals surface area (Å²) in [5.74, 6) is 0.584. The summed E-state index contributed by atoms with van der Waals surface area (Å²) in [6.45, 7) is 4.43. The van der Waals surface area contributed by atoms with Gasteiger partial charge in [-0.25, -0.2) is 4.39 Å². The lowest BCUT2D eigenvalue weighted by molar-refractivity contribution is -0.0883. The molecular weight excluding hydrogens is 221 g/mol. The number of benzene rings is 1. The third kappa shape index (κ3) is 2.15. The van der Waals surface area contributed by atoms with E-state index in [2.05, 4.69) is 12.2 Å². The minimum Gasteiger partial charge on any atom is -0.487 e. The zero-order chi connectivity index (χ0) is 11.9. The van der Waals surface area contributed by atoms with Gasteiger partial charge in [-0.15, -0.1) is 0 Å². The Kier molecular flexibility index (Phi) is 2.56. The number of hydrogen-bond acceptors (Lipinski definition) is 3. The molecule has 1 fully saturated rings. The molecule has 0 spiro atoms. The van der Waals surface area contributed by atoms with Crippen molar-refractivity contribution in [1.29, 1.82) is 0 Å². The second-order valence-electron chi connectivity index (χ2n) is 5.06. The smallest absolute Gasteiger partial charge is 0.126 e. The predicted molar refractivity (Wildman–Crippen MR) is 61.7 cm³/mol. The van der Waals surface area contributed by atoms with Crippen molar-refractivity contribution in [3.05, 3.63) is 29.6 Å². The monoisotopic (exact) mass is 237 g/mol. The first kappa shape index (κ1) is 11.0. The Morgan fingerprint density at radius 3 is 3.06 bits per heavy atom. The number of nitrogens with one attached hydrogen (secondary N) is 1. The van der Waals surface area contributed by atoms with E-state index in [1.165, 1.54) is 6.07 Å². The zero-order valence-electron chi connectivity index (χ0n) is 9.83. The molecule has 0 aromatic heterocycles. The fourth-order valence-corrected chi connectivity index (χ4v) is 2.26. The molecule has 2 heterocycles. The second kappa shape index (κ2) is 3.96. The summed E-state index contributed by atoms with van der Waals surface area (Å²) in [7, 11) is 0. The Balaban J connectivity index is 1.58. The highest BCUT2D eigenvalue weighted by molar-refractivity contribution is 5.37. The van der Waals surface area contributed by atoms with Gasteiger partial charge < -0.3 is 14.8 Å². The van der Waals surface area contributed by atoms with Crippen LogP contribution in [0.2, 0.25) is 0 Å². The van der Waals surface area contributed by atoms with E-state index in [1.807, 2.05) is 0 Å². The number of halogens is 1. The van der Waals surface area contributed by atoms with Gasteiger partial charge in [0.05, 0.1) is 12.2 Å². The Morgan fingerprint density at radius 1 is 1.53 bits per heavy atom. The summed E-state index contributed by atoms with van der Waals surface area (Å²) in [6, 6.07) is 4.67. The van der Waals surface area contributed by atoms with Gasteiger partial charge >= 0.3 is 0 Å². The van der Waals surface area contributed by atoms with E-state index in [0.717, 1.165) is 30.8 Å². The molecule has 4 heteroatoms. The third-order valence-corrected chi connectivity index (χ3v) is 3.38. The number of fused-ring (bicyclic) bond motifs is 1. The van der Waals surface area contributed by atoms with E-state index >= 15 is 0 Å². The molecule has 1 aromatic carbocycles. The van der Waals surface area contributed by atoms with Crippen molar-refractivity contribution in [3.63, 3.8) is 0 Å². The first-order chi connectivity index (χ1) is 8.15. The van der Waals surface area contributed by atoms with E-state index in [4.69, 9.17) is 9.47 Å². The van der Waals surface area contributed by atoms with Gasteiger partial charge in [0, 0.05) is 25.1 Å². The van der Waals surface area contributed by atoms with Crippen molar-refractivity contribution >= 4 is 0 Å². The Bertz CT molecular complexity index is 431. The van der Waals surface area contributed by atoms with Gasteiger partial charge in [0.15, 0.2) is 0 Å². The molecule has 0 saturated carbocycles. The predicted octanol–water partition coefficient (Wildman–Crippen LogP) is 1.51. The van der Waals surface area contributed by atoms with Crippen molar-refractivity contribution in [2.75, 3.05) is 19.7 Å². The molecule has 1 aromatic rings. The van der Waals surface area contributed by atoms with Crippen molar-refractivity contribution < 1.29 is 13.9 Å². The lowest BCUT2D eigenvalue weighted by Gasteiger charge is -2.39. The average molecular weight is 237 g/mol. The third-order valence-electron chi connectivity index (χ3n) is 3.38. The molecule has 3 rings (SSSR count). The van der Waals surface area contributed by atoms with Crippen LogP contribution in [0.15, 0.2) is 18.2 Å². The summed E-state index contributed by atoms with van der Waals surface area (Å²) >= 11 is 0. The largest absolute Gasteiger partial charge is 0.487 e. The number of ether oxygens (including phenoxy) is 2. The fourth-order valence-electron chi connectivity index (χ4n) is 2.26. The van der Waals surface area contributed by atoms with Gasteiger partial charge in [-0.2, -0.15) is 0 Å². The van der Waals surface area contributed by atoms with Crippen molar-refractivity contribution in [2.45, 2.75) is 25.0 Å². The standard InChI is InChI=1S/C13H16FNO2/c1-13(7-15-8-13)16-6-11-5-9-4-10(14)2-3-12(9)17-11/h2-4,11,15H,5-8H2,1H3. The van der Waals surface area contributed by atoms with Crippen LogP contribution in [0.4, 0.5) is 4.39 Å². The Morgan fingerprint density at radius 2 is 2.35 bits per heavy atom. The van der Waals surface area contributed by atoms with Gasteiger partial charge in [0.2, 0.25) is 0 Å². The van der Waals surface area contributed by atoms with Gasteiger partial charge in [0.25, 0.3) is 0 Å². The van der Waals surface area contributed by atoms with Crippen LogP contribution in [-0.4, -0.2) is 31.4 Å². The molecule has 1 saturated heterocycles. The summed E-state index contributed by atoms with van der Waals surface area (Å²) in [6.07, 6.45) is 0.751. The van der Waals surface area contributed by atoms with Crippen LogP contribution in [0, 0.1) is 5.82 Å². The van der Waals surface area contributed by atoms with Crippen LogP contribution >= 0.6 is 0 Å². The van der Waals surface area contributed by atoms with Crippen molar-refractivity contribution in [3.8, 4) is 5.75 Å². The maximum absolute atomic E-state index is 13.0. The maximum Gasteiger partial charge on any atom is 0.126 e. The molecule has 92 valence electrons. The molecule has 1 atom stereocenters. The molecule has 1 unspecified atom stereocenters. The van der Waals surface area contributed by atoms with E-state index in [-0.39, 0.29) is 17.5 Å². The van der Waals surface area contributed by atoms with Crippen LogP contribution in [0.25, 0.3) is 0 Å². The average Bonchev–Trinajstić information content (AvgIpc) is 2.65. The highest BCUT2D eigenvalue weighted by Crippen LogP contribution is 2.30. The summed E-state index contributed by atoms with van der Waals surface area (Å²) in [5.41, 5.74) is 0.888. The van der Waals surface area contributed by atoms with E-state index < -0.39 is 0 Å². The molecule has 0 amide bonds. The second-order valence-corrected chi connectivity index (χ2v) is 5.06. The van der Waals surface area contributed by atoms with Gasteiger partial charge in [-0.05, 0) is 25.1 Å². The molecule has 17 heavy (non-hydrogen) atoms. The molecule has 2 aliphatic heterocycles. The van der Waals surface area contributed by atoms with E-state index in [0.29, 0.717) is 6.61 Å². The van der Waals surface area contributed by atoms with E-state index in [9.17, 15) is 4.39 Å². The minimum absolute atomic E-state index is 0.0178. The molecule has 0 aliphatic carbocycles. The lowest BCUT2D eigenvalue weighted by atomic mass is 10.00. The summed E-state index contributed by atoms with van der Waals surface area (Å²) in [4.78, 5) is 0. The van der Waals surface area contributed by atoms with Crippen molar-refractivity contribution in [2.24, 2.45) is 0 Å². The summed E-state index contributed by atoms with van der Waals surface area (Å²) < 4.78 is 24.6. The van der Waals surface area contributed by atoms with Crippen LogP contribution in [0.5, 0.6) is 5.75 Å². The first-order valence-corrected chi connectivity index (χ1v) is 5.94. The Labute approximate surface area is 99.9 Å². The van der Waals surface area contributed by atoms with E-state index in [1.54, 1.807) is 12.1 Å². The zero-order valence-corrected chi connectivity index (χ0v) is 9.83. The molecule has 2 aliphatic rings. The lowest BCUT2D eigenvalue weighted by Crippen LogP contribution is -2.59. The quantitative estimate of drug-likeness (QED) is 0.864. The fraction of sp³-hybridized carbons (Fsp3) is 0.538. The van der Waals surface area contributed by atoms with Crippen LogP contribution in [-0.2, 0) is 11.2 Å². The Hall–Kier alpha value is -1.13. The highest BCUT2D eigenvalue weighted by Gasteiger charge is 2.34. The SMILES string of the molecule is CC1(OCC2Cc3cc(F)ccc3O2)CNC1. The minimum atomic E-state index is -0.205. The van der Waals surface area contributed by atoms with Gasteiger partial charge in [0.1, 0.15) is 17.7 Å². The summed E-state index contributed by atoms with van der Waals surface area (Å²) in [5, 5.41) is 3.19. The number of rotatable bonds is 3. The normalized spacial score (nSPS) is 24.9. The van der Waals surface area contributed by atoms with Gasteiger partial charge in [-0.1, -0.05) is 0 Å². The number of hydrogen-bond donors (Lipinski definition) is 1. The molecule has 1 N–H and O–H groups in total. The van der Waals surface area contributed by atoms with Crippen LogP contribution in [0.3, 0.4) is 0 Å². The van der Waals surface area contributed by atoms with Crippen molar-refractivity contribution in [1.82, 2.24) is 5.32 Å². The molecule has 3 nitrogen and oxygen atoms in total. The van der Waals surface area contributed by atoms with Crippen LogP contribution < -0.4 is 10.1 Å². The highest BCUT2D eigenvalue weighted by atomic mass is 19.1. The maximum atomic E-state index is 13.0. The molecular formula is C13H16FNO2. The topological polar surface area (TPSA) is 30.5 Å². The molecule has 0 radical (unpaired) electrons. The first-order valence-electron chi connectivity index (χ1n) is 5.94.